The van der Waals surface area contributed by atoms with Gasteiger partial charge in [0.1, 0.15) is 0 Å². The highest BCUT2D eigenvalue weighted by Gasteiger charge is 2.35. The molecule has 0 nitrogen and oxygen atoms in total. The summed E-state index contributed by atoms with van der Waals surface area (Å²) in [5, 5.41) is 0.600. The fraction of sp³-hybridized carbons (Fsp3) is 1.00. The van der Waals surface area contributed by atoms with Crippen molar-refractivity contribution in [1.29, 1.82) is 0 Å². The van der Waals surface area contributed by atoms with E-state index >= 15 is 0 Å². The van der Waals surface area contributed by atoms with Gasteiger partial charge in [0, 0.05) is 5.25 Å². The Bertz CT molecular complexity index is 143. The van der Waals surface area contributed by atoms with Crippen molar-refractivity contribution < 1.29 is 0 Å². The van der Waals surface area contributed by atoms with E-state index in [-0.39, 0.29) is 5.25 Å². The molecule has 0 amide bonds. The lowest BCUT2D eigenvalue weighted by atomic mass is 10.1. The molecule has 13 heavy (non-hydrogen) atoms. The summed E-state index contributed by atoms with van der Waals surface area (Å²) in [6.07, 6.45) is 0. The average Bonchev–Trinajstić information content (AvgIpc) is 1.81. The summed E-state index contributed by atoms with van der Waals surface area (Å²) in [6, 6.07) is 0. The van der Waals surface area contributed by atoms with Crippen LogP contribution in [0.15, 0.2) is 0 Å². The van der Waals surface area contributed by atoms with E-state index in [2.05, 4.69) is 27.7 Å². The molecule has 0 aromatic carbocycles. The zero-order chi connectivity index (χ0) is 10.6. The van der Waals surface area contributed by atoms with Crippen LogP contribution in [0.3, 0.4) is 0 Å². The summed E-state index contributed by atoms with van der Waals surface area (Å²) in [6.45, 7) is 8.40. The molecule has 1 unspecified atom stereocenters. The molecule has 0 fully saturated rings. The number of hydrogen-bond donors (Lipinski definition) is 0. The SMILES string of the molecule is CC(C)SSC(C(C)C)C(Cl)(Cl)Cl. The lowest BCUT2D eigenvalue weighted by molar-refractivity contribution is 0.617. The molecule has 0 aromatic heterocycles. The molecular weight excluding hydrogens is 267 g/mol. The monoisotopic (exact) mass is 280 g/mol. The minimum Gasteiger partial charge on any atom is -0.0909 e. The second-order valence-corrected chi connectivity index (χ2v) is 8.81. The predicted octanol–water partition coefficient (Wildman–Crippen LogP) is 5.17. The van der Waals surface area contributed by atoms with Gasteiger partial charge in [0.25, 0.3) is 0 Å². The van der Waals surface area contributed by atoms with Crippen LogP contribution in [0, 0.1) is 5.92 Å². The Morgan fingerprint density at radius 2 is 1.38 bits per heavy atom. The first-order valence-electron chi connectivity index (χ1n) is 4.14. The highest BCUT2D eigenvalue weighted by molar-refractivity contribution is 8.77. The van der Waals surface area contributed by atoms with Gasteiger partial charge in [0.15, 0.2) is 0 Å². The second kappa shape index (κ2) is 6.22. The fourth-order valence-corrected chi connectivity index (χ4v) is 5.15. The van der Waals surface area contributed by atoms with E-state index in [1.165, 1.54) is 0 Å². The van der Waals surface area contributed by atoms with E-state index in [9.17, 15) is 0 Å². The fourth-order valence-electron chi connectivity index (χ4n) is 0.715. The van der Waals surface area contributed by atoms with Crippen molar-refractivity contribution >= 4 is 56.4 Å². The van der Waals surface area contributed by atoms with Crippen LogP contribution in [0.4, 0.5) is 0 Å². The van der Waals surface area contributed by atoms with Crippen LogP contribution in [0.5, 0.6) is 0 Å². The van der Waals surface area contributed by atoms with Crippen LogP contribution in [-0.2, 0) is 0 Å². The zero-order valence-electron chi connectivity index (χ0n) is 8.18. The van der Waals surface area contributed by atoms with Gasteiger partial charge < -0.3 is 0 Å². The maximum absolute atomic E-state index is 5.87. The Labute approximate surface area is 104 Å². The van der Waals surface area contributed by atoms with Crippen LogP contribution in [0.25, 0.3) is 0 Å². The maximum atomic E-state index is 5.87. The molecule has 80 valence electrons. The van der Waals surface area contributed by atoms with Crippen LogP contribution >= 0.6 is 56.4 Å². The Kier molecular flexibility index (Phi) is 6.97. The topological polar surface area (TPSA) is 0 Å². The molecule has 0 aliphatic carbocycles. The Balaban J connectivity index is 4.12. The van der Waals surface area contributed by atoms with E-state index in [0.29, 0.717) is 11.2 Å². The van der Waals surface area contributed by atoms with Gasteiger partial charge in [-0.1, -0.05) is 84.1 Å². The maximum Gasteiger partial charge on any atom is 0.203 e. The molecular formula is C8H15Cl3S2. The molecule has 0 aliphatic heterocycles. The molecule has 0 saturated heterocycles. The molecule has 0 heterocycles. The van der Waals surface area contributed by atoms with Crippen molar-refractivity contribution in [3.8, 4) is 0 Å². The molecule has 0 bridgehead atoms. The summed E-state index contributed by atoms with van der Waals surface area (Å²) in [5.41, 5.74) is 0. The van der Waals surface area contributed by atoms with Gasteiger partial charge in [0.2, 0.25) is 3.79 Å². The third kappa shape index (κ3) is 6.62. The standard InChI is InChI=1S/C8H15Cl3S2/c1-5(2)7(8(9,10)11)13-12-6(3)4/h5-7H,1-4H3. The first-order chi connectivity index (χ1) is 5.75. The van der Waals surface area contributed by atoms with Crippen molar-refractivity contribution in [1.82, 2.24) is 0 Å². The molecule has 0 saturated carbocycles. The van der Waals surface area contributed by atoms with E-state index in [1.807, 2.05) is 0 Å². The molecule has 1 atom stereocenters. The van der Waals surface area contributed by atoms with E-state index < -0.39 is 3.79 Å². The van der Waals surface area contributed by atoms with Crippen LogP contribution in [-0.4, -0.2) is 14.3 Å². The molecule has 0 aliphatic rings. The average molecular weight is 282 g/mol. The Morgan fingerprint density at radius 3 is 1.62 bits per heavy atom. The number of hydrogen-bond acceptors (Lipinski definition) is 2. The molecule has 5 heteroatoms. The Hall–Kier alpha value is 1.57. The van der Waals surface area contributed by atoms with Crippen LogP contribution < -0.4 is 0 Å². The number of rotatable bonds is 4. The lowest BCUT2D eigenvalue weighted by Crippen LogP contribution is -2.27. The van der Waals surface area contributed by atoms with E-state index in [0.717, 1.165) is 0 Å². The second-order valence-electron chi connectivity index (χ2n) is 3.45. The lowest BCUT2D eigenvalue weighted by Gasteiger charge is -2.27. The quantitative estimate of drug-likeness (QED) is 0.515. The van der Waals surface area contributed by atoms with Crippen molar-refractivity contribution in [2.45, 2.75) is 42.0 Å². The predicted molar refractivity (Wildman–Crippen MR) is 69.2 cm³/mol. The van der Waals surface area contributed by atoms with Gasteiger partial charge in [-0.3, -0.25) is 0 Å². The third-order valence-corrected chi connectivity index (χ3v) is 6.08. The highest BCUT2D eigenvalue weighted by atomic mass is 35.6. The van der Waals surface area contributed by atoms with Gasteiger partial charge >= 0.3 is 0 Å². The Morgan fingerprint density at radius 1 is 0.923 bits per heavy atom. The molecule has 0 spiro atoms. The summed E-state index contributed by atoms with van der Waals surface area (Å²) in [5.74, 6) is 0.365. The highest BCUT2D eigenvalue weighted by Crippen LogP contribution is 2.46. The van der Waals surface area contributed by atoms with Gasteiger partial charge in [-0.15, -0.1) is 0 Å². The van der Waals surface area contributed by atoms with Gasteiger partial charge in [-0.05, 0) is 5.92 Å². The first kappa shape index (κ1) is 14.6. The molecule has 0 aromatic rings. The first-order valence-corrected chi connectivity index (χ1v) is 7.55. The largest absolute Gasteiger partial charge is 0.203 e. The van der Waals surface area contributed by atoms with E-state index in [4.69, 9.17) is 34.8 Å². The van der Waals surface area contributed by atoms with E-state index in [1.54, 1.807) is 21.6 Å². The van der Waals surface area contributed by atoms with Gasteiger partial charge in [0.05, 0.1) is 5.25 Å². The smallest absolute Gasteiger partial charge is 0.0909 e. The van der Waals surface area contributed by atoms with Crippen LogP contribution in [0.2, 0.25) is 0 Å². The molecule has 0 radical (unpaired) electrons. The summed E-state index contributed by atoms with van der Waals surface area (Å²) >= 11 is 17.6. The van der Waals surface area contributed by atoms with Crippen molar-refractivity contribution in [3.05, 3.63) is 0 Å². The van der Waals surface area contributed by atoms with Gasteiger partial charge in [-0.25, -0.2) is 0 Å². The minimum absolute atomic E-state index is 0.0462. The van der Waals surface area contributed by atoms with Crippen molar-refractivity contribution in [2.24, 2.45) is 5.92 Å². The number of alkyl halides is 3. The minimum atomic E-state index is -1.17. The molecule has 0 rings (SSSR count). The third-order valence-electron chi connectivity index (χ3n) is 1.28. The van der Waals surface area contributed by atoms with Gasteiger partial charge in [-0.2, -0.15) is 0 Å². The van der Waals surface area contributed by atoms with Crippen LogP contribution in [0.1, 0.15) is 27.7 Å². The summed E-state index contributed by atoms with van der Waals surface area (Å²) < 4.78 is -1.17. The van der Waals surface area contributed by atoms with Crippen molar-refractivity contribution in [2.75, 3.05) is 0 Å². The van der Waals surface area contributed by atoms with Crippen molar-refractivity contribution in [3.63, 3.8) is 0 Å². The number of halogens is 3. The normalized spacial score (nSPS) is 15.5. The molecule has 0 N–H and O–H groups in total. The summed E-state index contributed by atoms with van der Waals surface area (Å²) in [7, 11) is 3.42. The zero-order valence-corrected chi connectivity index (χ0v) is 12.1. The summed E-state index contributed by atoms with van der Waals surface area (Å²) in [4.78, 5) is 0.